The van der Waals surface area contributed by atoms with E-state index in [9.17, 15) is 4.39 Å². The van der Waals surface area contributed by atoms with Gasteiger partial charge in [-0.25, -0.2) is 4.98 Å². The van der Waals surface area contributed by atoms with Crippen molar-refractivity contribution < 1.29 is 13.9 Å². The quantitative estimate of drug-likeness (QED) is 0.657. The van der Waals surface area contributed by atoms with Crippen LogP contribution in [0.5, 0.6) is 11.9 Å². The first-order valence-electron chi connectivity index (χ1n) is 6.06. The molecule has 0 saturated carbocycles. The molecule has 0 spiro atoms. The lowest BCUT2D eigenvalue weighted by Gasteiger charge is -2.07. The van der Waals surface area contributed by atoms with Crippen molar-refractivity contribution in [1.29, 1.82) is 0 Å². The molecule has 17 heavy (non-hydrogen) atoms. The van der Waals surface area contributed by atoms with Gasteiger partial charge in [0.25, 0.3) is 5.88 Å². The Bertz CT molecular complexity index is 334. The van der Waals surface area contributed by atoms with Crippen LogP contribution in [0.2, 0.25) is 0 Å². The van der Waals surface area contributed by atoms with Crippen molar-refractivity contribution in [2.45, 2.75) is 39.5 Å². The van der Waals surface area contributed by atoms with Crippen molar-refractivity contribution in [3.8, 4) is 11.9 Å². The highest BCUT2D eigenvalue weighted by Gasteiger charge is 2.08. The highest BCUT2D eigenvalue weighted by atomic mass is 19.1. The summed E-state index contributed by atoms with van der Waals surface area (Å²) in [4.78, 5) is 7.64. The molecule has 0 saturated heterocycles. The van der Waals surface area contributed by atoms with E-state index in [-0.39, 0.29) is 11.9 Å². The molecule has 0 aliphatic heterocycles. The van der Waals surface area contributed by atoms with Crippen LogP contribution in [0.3, 0.4) is 0 Å². The molecular formula is C12H19FN2O2. The Morgan fingerprint density at radius 3 is 2.41 bits per heavy atom. The summed E-state index contributed by atoms with van der Waals surface area (Å²) < 4.78 is 23.8. The standard InChI is InChI=1S/C12H19FN2O2/c1-3-5-7-16-11-10(13)9-14-12(15-11)17-8-6-4-2/h9H,3-8H2,1-2H3. The van der Waals surface area contributed by atoms with Crippen LogP contribution in [-0.4, -0.2) is 23.2 Å². The third kappa shape index (κ3) is 4.97. The summed E-state index contributed by atoms with van der Waals surface area (Å²) in [5.74, 6) is -0.580. The van der Waals surface area contributed by atoms with E-state index >= 15 is 0 Å². The van der Waals surface area contributed by atoms with Crippen molar-refractivity contribution in [1.82, 2.24) is 9.97 Å². The zero-order chi connectivity index (χ0) is 12.5. The summed E-state index contributed by atoms with van der Waals surface area (Å²) in [5, 5.41) is 0. The van der Waals surface area contributed by atoms with E-state index in [4.69, 9.17) is 9.47 Å². The zero-order valence-electron chi connectivity index (χ0n) is 10.4. The van der Waals surface area contributed by atoms with E-state index in [2.05, 4.69) is 16.9 Å². The second-order valence-electron chi connectivity index (χ2n) is 3.71. The van der Waals surface area contributed by atoms with E-state index in [0.717, 1.165) is 31.9 Å². The first-order chi connectivity index (χ1) is 8.27. The van der Waals surface area contributed by atoms with Crippen molar-refractivity contribution in [2.75, 3.05) is 13.2 Å². The molecule has 0 aromatic carbocycles. The van der Waals surface area contributed by atoms with Crippen LogP contribution in [0.15, 0.2) is 6.20 Å². The molecule has 1 aromatic heterocycles. The highest BCUT2D eigenvalue weighted by Crippen LogP contribution is 2.16. The Balaban J connectivity index is 2.53. The van der Waals surface area contributed by atoms with Crippen LogP contribution in [0.25, 0.3) is 0 Å². The predicted molar refractivity (Wildman–Crippen MR) is 62.8 cm³/mol. The normalized spacial score (nSPS) is 10.3. The number of ether oxygens (including phenoxy) is 2. The van der Waals surface area contributed by atoms with E-state index in [0.29, 0.717) is 13.2 Å². The van der Waals surface area contributed by atoms with Gasteiger partial charge in [-0.05, 0) is 12.8 Å². The minimum absolute atomic E-state index is 0.0278. The summed E-state index contributed by atoms with van der Waals surface area (Å²) in [6.45, 7) is 5.10. The Labute approximate surface area is 101 Å². The lowest BCUT2D eigenvalue weighted by atomic mass is 10.4. The number of halogens is 1. The number of hydrogen-bond acceptors (Lipinski definition) is 4. The molecule has 5 heteroatoms. The molecule has 1 rings (SSSR count). The second kappa shape index (κ2) is 7.81. The molecule has 4 nitrogen and oxygen atoms in total. The predicted octanol–water partition coefficient (Wildman–Crippen LogP) is 2.97. The summed E-state index contributed by atoms with van der Waals surface area (Å²) in [6.07, 6.45) is 4.89. The van der Waals surface area contributed by atoms with E-state index in [1.54, 1.807) is 0 Å². The molecule has 0 bridgehead atoms. The number of hydrogen-bond donors (Lipinski definition) is 0. The van der Waals surface area contributed by atoms with E-state index in [1.165, 1.54) is 0 Å². The van der Waals surface area contributed by atoms with Crippen molar-refractivity contribution in [3.63, 3.8) is 0 Å². The summed E-state index contributed by atoms with van der Waals surface area (Å²) in [6, 6.07) is 0.173. The molecule has 0 aliphatic rings. The molecule has 0 radical (unpaired) electrons. The van der Waals surface area contributed by atoms with Gasteiger partial charge in [0.2, 0.25) is 5.82 Å². The van der Waals surface area contributed by atoms with Crippen LogP contribution in [-0.2, 0) is 0 Å². The Morgan fingerprint density at radius 2 is 1.76 bits per heavy atom. The summed E-state index contributed by atoms with van der Waals surface area (Å²) in [7, 11) is 0. The monoisotopic (exact) mass is 242 g/mol. The van der Waals surface area contributed by atoms with E-state index < -0.39 is 5.82 Å². The zero-order valence-corrected chi connectivity index (χ0v) is 10.4. The highest BCUT2D eigenvalue weighted by molar-refractivity contribution is 5.13. The van der Waals surface area contributed by atoms with Crippen molar-refractivity contribution in [3.05, 3.63) is 12.0 Å². The lowest BCUT2D eigenvalue weighted by Crippen LogP contribution is -2.05. The maximum atomic E-state index is 13.3. The molecule has 0 unspecified atom stereocenters. The summed E-state index contributed by atoms with van der Waals surface area (Å²) in [5.41, 5.74) is 0. The number of aromatic nitrogens is 2. The second-order valence-corrected chi connectivity index (χ2v) is 3.71. The fourth-order valence-corrected chi connectivity index (χ4v) is 1.13. The van der Waals surface area contributed by atoms with Gasteiger partial charge in [-0.2, -0.15) is 9.37 Å². The fraction of sp³-hybridized carbons (Fsp3) is 0.667. The van der Waals surface area contributed by atoms with Crippen molar-refractivity contribution in [2.24, 2.45) is 0 Å². The molecule has 0 amide bonds. The third-order valence-electron chi connectivity index (χ3n) is 2.16. The van der Waals surface area contributed by atoms with Crippen LogP contribution >= 0.6 is 0 Å². The van der Waals surface area contributed by atoms with Gasteiger partial charge in [-0.1, -0.05) is 26.7 Å². The number of rotatable bonds is 8. The molecule has 0 N–H and O–H groups in total. The molecule has 1 aromatic rings. The van der Waals surface area contributed by atoms with Crippen LogP contribution in [0, 0.1) is 5.82 Å². The average molecular weight is 242 g/mol. The van der Waals surface area contributed by atoms with E-state index in [1.807, 2.05) is 6.92 Å². The van der Waals surface area contributed by atoms with Gasteiger partial charge >= 0.3 is 6.01 Å². The molecular weight excluding hydrogens is 223 g/mol. The van der Waals surface area contributed by atoms with Crippen LogP contribution in [0.1, 0.15) is 39.5 Å². The van der Waals surface area contributed by atoms with Crippen LogP contribution < -0.4 is 9.47 Å². The molecule has 96 valence electrons. The Kier molecular flexibility index (Phi) is 6.29. The van der Waals surface area contributed by atoms with Gasteiger partial charge in [0, 0.05) is 0 Å². The van der Waals surface area contributed by atoms with Gasteiger partial charge < -0.3 is 9.47 Å². The maximum absolute atomic E-state index is 13.3. The van der Waals surface area contributed by atoms with Gasteiger partial charge in [0.05, 0.1) is 19.4 Å². The minimum Gasteiger partial charge on any atom is -0.475 e. The number of nitrogens with zero attached hydrogens (tertiary/aromatic N) is 2. The topological polar surface area (TPSA) is 44.2 Å². The number of unbranched alkanes of at least 4 members (excludes halogenated alkanes) is 2. The third-order valence-corrected chi connectivity index (χ3v) is 2.16. The largest absolute Gasteiger partial charge is 0.475 e. The fourth-order valence-electron chi connectivity index (χ4n) is 1.13. The lowest BCUT2D eigenvalue weighted by molar-refractivity contribution is 0.253. The molecule has 0 aliphatic carbocycles. The Morgan fingerprint density at radius 1 is 1.12 bits per heavy atom. The minimum atomic E-state index is -0.552. The Hall–Kier alpha value is -1.39. The van der Waals surface area contributed by atoms with Crippen molar-refractivity contribution >= 4 is 0 Å². The van der Waals surface area contributed by atoms with Crippen LogP contribution in [0.4, 0.5) is 4.39 Å². The van der Waals surface area contributed by atoms with Gasteiger partial charge in [0.1, 0.15) is 0 Å². The SMILES string of the molecule is CCCCOc1ncc(F)c(OCCCC)n1. The molecule has 0 atom stereocenters. The first-order valence-corrected chi connectivity index (χ1v) is 6.06. The van der Waals surface area contributed by atoms with Gasteiger partial charge in [-0.3, -0.25) is 0 Å². The van der Waals surface area contributed by atoms with Gasteiger partial charge in [0.15, 0.2) is 0 Å². The van der Waals surface area contributed by atoms with Gasteiger partial charge in [-0.15, -0.1) is 0 Å². The smallest absolute Gasteiger partial charge is 0.319 e. The first kappa shape index (κ1) is 13.7. The average Bonchev–Trinajstić information content (AvgIpc) is 2.33. The molecule has 1 heterocycles. The maximum Gasteiger partial charge on any atom is 0.319 e. The summed E-state index contributed by atoms with van der Waals surface area (Å²) >= 11 is 0. The molecule has 0 fully saturated rings.